The van der Waals surface area contributed by atoms with Gasteiger partial charge in [-0.25, -0.2) is 4.99 Å². The molecule has 1 aromatic rings. The molecule has 106 valence electrons. The molecular weight excluding hydrogens is 373 g/mol. The number of benzene rings is 1. The van der Waals surface area contributed by atoms with Crippen LogP contribution in [0.4, 0.5) is 0 Å². The average molecular weight is 394 g/mol. The highest BCUT2D eigenvalue weighted by Crippen LogP contribution is 2.43. The summed E-state index contributed by atoms with van der Waals surface area (Å²) in [6.45, 7) is 6.21. The van der Waals surface area contributed by atoms with Gasteiger partial charge in [-0.2, -0.15) is 0 Å². The quantitative estimate of drug-likeness (QED) is 0.459. The molecule has 3 nitrogen and oxygen atoms in total. The highest BCUT2D eigenvalue weighted by molar-refractivity contribution is 14.0. The monoisotopic (exact) mass is 393 g/mol. The lowest BCUT2D eigenvalue weighted by Gasteiger charge is -2.21. The summed E-state index contributed by atoms with van der Waals surface area (Å²) in [4.78, 5) is 4.50. The van der Waals surface area contributed by atoms with E-state index in [0.717, 1.165) is 11.4 Å². The van der Waals surface area contributed by atoms with E-state index in [2.05, 4.69) is 43.2 Å². The summed E-state index contributed by atoms with van der Waals surface area (Å²) in [5, 5.41) is 3.95. The number of guanidine groups is 1. The summed E-state index contributed by atoms with van der Waals surface area (Å²) in [5.41, 5.74) is 7.13. The van der Waals surface area contributed by atoms with Gasteiger partial charge in [-0.3, -0.25) is 0 Å². The van der Waals surface area contributed by atoms with Crippen molar-refractivity contribution >= 4 is 41.5 Å². The van der Waals surface area contributed by atoms with E-state index in [-0.39, 0.29) is 29.5 Å². The molecule has 5 heteroatoms. The van der Waals surface area contributed by atoms with Crippen LogP contribution in [-0.4, -0.2) is 17.5 Å². The predicted molar refractivity (Wildman–Crippen MR) is 92.5 cm³/mol. The fraction of sp³-hybridized carbons (Fsp3) is 0.500. The first-order valence-electron chi connectivity index (χ1n) is 6.22. The zero-order valence-corrected chi connectivity index (χ0v) is 14.6. The Kier molecular flexibility index (Phi) is 5.50. The number of nitrogens with two attached hydrogens (primary N) is 1. The zero-order chi connectivity index (χ0) is 13.3. The van der Waals surface area contributed by atoms with Crippen molar-refractivity contribution in [1.29, 1.82) is 0 Å². The highest BCUT2D eigenvalue weighted by Gasteiger charge is 2.38. The van der Waals surface area contributed by atoms with E-state index in [9.17, 15) is 0 Å². The first kappa shape index (κ1) is 16.6. The van der Waals surface area contributed by atoms with Crippen LogP contribution in [0, 0.1) is 0 Å². The van der Waals surface area contributed by atoms with Gasteiger partial charge in [0.25, 0.3) is 0 Å². The lowest BCUT2D eigenvalue weighted by atomic mass is 10.1. The molecule has 0 heterocycles. The first-order valence-corrected chi connectivity index (χ1v) is 6.60. The van der Waals surface area contributed by atoms with Crippen LogP contribution in [0.1, 0.15) is 38.7 Å². The van der Waals surface area contributed by atoms with Crippen LogP contribution in [0.3, 0.4) is 0 Å². The molecule has 1 fully saturated rings. The number of rotatable bonds is 2. The summed E-state index contributed by atoms with van der Waals surface area (Å²) in [6.07, 6.45) is 1.06. The number of nitrogens with one attached hydrogen (secondary N) is 1. The zero-order valence-electron chi connectivity index (χ0n) is 11.5. The van der Waals surface area contributed by atoms with Crippen LogP contribution >= 0.6 is 35.6 Å². The van der Waals surface area contributed by atoms with Crippen molar-refractivity contribution in [2.45, 2.75) is 44.7 Å². The first-order chi connectivity index (χ1) is 8.35. The number of aliphatic imine (C=N–C) groups is 1. The van der Waals surface area contributed by atoms with Gasteiger partial charge in [0.2, 0.25) is 0 Å². The maximum absolute atomic E-state index is 5.88. The fourth-order valence-corrected chi connectivity index (χ4v) is 2.11. The molecule has 1 aromatic carbocycles. The topological polar surface area (TPSA) is 50.4 Å². The Hall–Kier alpha value is -0.490. The molecule has 0 bridgehead atoms. The van der Waals surface area contributed by atoms with E-state index in [1.54, 1.807) is 0 Å². The van der Waals surface area contributed by atoms with E-state index in [4.69, 9.17) is 17.3 Å². The molecule has 0 amide bonds. The Labute approximate surface area is 137 Å². The van der Waals surface area contributed by atoms with Crippen LogP contribution in [-0.2, 0) is 0 Å². The maximum Gasteiger partial charge on any atom is 0.189 e. The van der Waals surface area contributed by atoms with Crippen LogP contribution in [0.2, 0.25) is 5.02 Å². The minimum absolute atomic E-state index is 0. The summed E-state index contributed by atoms with van der Waals surface area (Å²) >= 11 is 5.87. The van der Waals surface area contributed by atoms with Crippen LogP contribution in [0.25, 0.3) is 0 Å². The number of hydrogen-bond acceptors (Lipinski definition) is 1. The molecule has 1 saturated carbocycles. The van der Waals surface area contributed by atoms with Crippen molar-refractivity contribution in [2.75, 3.05) is 0 Å². The van der Waals surface area contributed by atoms with E-state index >= 15 is 0 Å². The Balaban J connectivity index is 0.00000180. The SMILES string of the molecule is CC(C)(C)NC(N)=N[C@@H]1C[C@H]1c1ccc(Cl)cc1.I. The van der Waals surface area contributed by atoms with Gasteiger partial charge >= 0.3 is 0 Å². The molecule has 0 spiro atoms. The molecule has 2 atom stereocenters. The van der Waals surface area contributed by atoms with Crippen molar-refractivity contribution in [3.63, 3.8) is 0 Å². The molecule has 19 heavy (non-hydrogen) atoms. The summed E-state index contributed by atoms with van der Waals surface area (Å²) in [7, 11) is 0. The lowest BCUT2D eigenvalue weighted by molar-refractivity contribution is 0.508. The Morgan fingerprint density at radius 3 is 2.42 bits per heavy atom. The molecule has 0 saturated heterocycles. The number of hydrogen-bond donors (Lipinski definition) is 2. The highest BCUT2D eigenvalue weighted by atomic mass is 127. The second-order valence-electron chi connectivity index (χ2n) is 5.85. The van der Waals surface area contributed by atoms with Crippen molar-refractivity contribution in [3.05, 3.63) is 34.9 Å². The molecule has 3 N–H and O–H groups in total. The minimum Gasteiger partial charge on any atom is -0.370 e. The van der Waals surface area contributed by atoms with E-state index in [1.165, 1.54) is 5.56 Å². The second-order valence-corrected chi connectivity index (χ2v) is 6.29. The average Bonchev–Trinajstić information content (AvgIpc) is 2.95. The van der Waals surface area contributed by atoms with Crippen molar-refractivity contribution in [1.82, 2.24) is 5.32 Å². The van der Waals surface area contributed by atoms with Gasteiger partial charge in [-0.15, -0.1) is 24.0 Å². The number of nitrogens with zero attached hydrogens (tertiary/aromatic N) is 1. The van der Waals surface area contributed by atoms with Crippen molar-refractivity contribution < 1.29 is 0 Å². The van der Waals surface area contributed by atoms with Gasteiger partial charge < -0.3 is 11.1 Å². The smallest absolute Gasteiger partial charge is 0.189 e. The second kappa shape index (κ2) is 6.31. The molecular formula is C14H21ClIN3. The maximum atomic E-state index is 5.88. The molecule has 2 rings (SSSR count). The third-order valence-corrected chi connectivity index (χ3v) is 3.11. The van der Waals surface area contributed by atoms with E-state index in [1.807, 2.05) is 12.1 Å². The van der Waals surface area contributed by atoms with Gasteiger partial charge in [0.1, 0.15) is 0 Å². The van der Waals surface area contributed by atoms with Gasteiger partial charge in [-0.05, 0) is 44.9 Å². The van der Waals surface area contributed by atoms with Crippen molar-refractivity contribution in [3.8, 4) is 0 Å². The van der Waals surface area contributed by atoms with Gasteiger partial charge in [-0.1, -0.05) is 23.7 Å². The normalized spacial score (nSPS) is 22.6. The molecule has 1 aliphatic carbocycles. The number of halogens is 2. The van der Waals surface area contributed by atoms with Crippen LogP contribution < -0.4 is 11.1 Å². The largest absolute Gasteiger partial charge is 0.370 e. The fourth-order valence-electron chi connectivity index (χ4n) is 1.99. The standard InChI is InChI=1S/C14H20ClN3.HI/c1-14(2,3)18-13(16)17-12-8-11(12)9-4-6-10(15)7-5-9;/h4-7,11-12H,8H2,1-3H3,(H3,16,17,18);1H/t11-,12+;/m0./s1. The Bertz CT molecular complexity index is 451. The molecule has 0 radical (unpaired) electrons. The van der Waals surface area contributed by atoms with E-state index < -0.39 is 0 Å². The van der Waals surface area contributed by atoms with Gasteiger partial charge in [0, 0.05) is 16.5 Å². The van der Waals surface area contributed by atoms with Crippen LogP contribution in [0.15, 0.2) is 29.3 Å². The Morgan fingerprint density at radius 1 is 1.32 bits per heavy atom. The summed E-state index contributed by atoms with van der Waals surface area (Å²) < 4.78 is 0. The molecule has 0 aliphatic heterocycles. The Morgan fingerprint density at radius 2 is 1.89 bits per heavy atom. The molecule has 0 unspecified atom stereocenters. The molecule has 1 aliphatic rings. The summed E-state index contributed by atoms with van der Waals surface area (Å²) in [5.74, 6) is 1.02. The third-order valence-electron chi connectivity index (χ3n) is 2.86. The summed E-state index contributed by atoms with van der Waals surface area (Å²) in [6, 6.07) is 8.28. The van der Waals surface area contributed by atoms with E-state index in [0.29, 0.717) is 17.9 Å². The lowest BCUT2D eigenvalue weighted by Crippen LogP contribution is -2.45. The predicted octanol–water partition coefficient (Wildman–Crippen LogP) is 3.52. The minimum atomic E-state index is -0.0434. The third kappa shape index (κ3) is 5.18. The van der Waals surface area contributed by atoms with Gasteiger partial charge in [0.05, 0.1) is 6.04 Å². The molecule has 0 aromatic heterocycles. The van der Waals surface area contributed by atoms with Gasteiger partial charge in [0.15, 0.2) is 5.96 Å². The van der Waals surface area contributed by atoms with Crippen LogP contribution in [0.5, 0.6) is 0 Å². The van der Waals surface area contributed by atoms with Crippen molar-refractivity contribution in [2.24, 2.45) is 10.7 Å².